The van der Waals surface area contributed by atoms with Gasteiger partial charge in [0.2, 0.25) is 0 Å². The van der Waals surface area contributed by atoms with E-state index in [0.717, 1.165) is 21.9 Å². The molecule has 0 aromatic carbocycles. The molecule has 1 aromatic rings. The first kappa shape index (κ1) is 17.2. The van der Waals surface area contributed by atoms with Crippen LogP contribution in [-0.2, 0) is 9.53 Å². The maximum atomic E-state index is 11.8. The highest BCUT2D eigenvalue weighted by Crippen LogP contribution is 2.22. The topological polar surface area (TPSA) is 97.2 Å². The van der Waals surface area contributed by atoms with E-state index in [1.54, 1.807) is 6.07 Å². The summed E-state index contributed by atoms with van der Waals surface area (Å²) in [5, 5.41) is 2.79. The lowest BCUT2D eigenvalue weighted by Crippen LogP contribution is -2.31. The Labute approximate surface area is 134 Å². The largest absolute Gasteiger partial charge is 0.468 e. The quantitative estimate of drug-likeness (QED) is 0.472. The van der Waals surface area contributed by atoms with Crippen molar-refractivity contribution in [1.82, 2.24) is 10.3 Å². The second kappa shape index (κ2) is 8.43. The van der Waals surface area contributed by atoms with Gasteiger partial charge in [0, 0.05) is 6.54 Å². The van der Waals surface area contributed by atoms with Crippen molar-refractivity contribution >= 4 is 43.7 Å². The van der Waals surface area contributed by atoms with Crippen LogP contribution in [0, 0.1) is 0 Å². The number of nitrogens with two attached hydrogens (primary N) is 1. The van der Waals surface area contributed by atoms with E-state index in [1.165, 1.54) is 7.11 Å². The number of rotatable bonds is 7. The van der Waals surface area contributed by atoms with E-state index in [4.69, 9.17) is 5.73 Å². The van der Waals surface area contributed by atoms with Gasteiger partial charge in [-0.2, -0.15) is 0 Å². The molecule has 0 saturated carbocycles. The number of hydrogen-bond acceptors (Lipinski definition) is 4. The van der Waals surface area contributed by atoms with Gasteiger partial charge >= 0.3 is 5.97 Å². The molecule has 8 heteroatoms. The van der Waals surface area contributed by atoms with Gasteiger partial charge in [-0.3, -0.25) is 9.59 Å². The molecule has 0 unspecified atom stereocenters. The number of methoxy groups -OCH3 is 1. The van der Waals surface area contributed by atoms with Crippen LogP contribution < -0.4 is 11.1 Å². The number of hydrogen-bond donors (Lipinski definition) is 3. The molecule has 0 saturated heterocycles. The average Bonchev–Trinajstić information content (AvgIpc) is 2.77. The van der Waals surface area contributed by atoms with Crippen LogP contribution in [0.4, 0.5) is 0 Å². The molecule has 112 valence electrons. The Kier molecular flexibility index (Phi) is 7.25. The number of aromatic nitrogens is 1. The minimum absolute atomic E-state index is 0.173. The molecule has 4 N–H and O–H groups in total. The van der Waals surface area contributed by atoms with Gasteiger partial charge < -0.3 is 20.8 Å². The van der Waals surface area contributed by atoms with Crippen LogP contribution in [0.5, 0.6) is 0 Å². The first-order valence-electron chi connectivity index (χ1n) is 6.11. The normalized spacial score (nSPS) is 12.0. The summed E-state index contributed by atoms with van der Waals surface area (Å²) in [6.07, 6.45) is 2.04. The Balaban J connectivity index is 2.21. The van der Waals surface area contributed by atoms with E-state index in [9.17, 15) is 9.59 Å². The molecule has 20 heavy (non-hydrogen) atoms. The molecule has 0 aliphatic heterocycles. The highest BCUT2D eigenvalue weighted by molar-refractivity contribution is 9.13. The lowest BCUT2D eigenvalue weighted by Gasteiger charge is -2.08. The van der Waals surface area contributed by atoms with E-state index < -0.39 is 12.0 Å². The van der Waals surface area contributed by atoms with Crippen LogP contribution in [0.15, 0.2) is 15.1 Å². The van der Waals surface area contributed by atoms with Gasteiger partial charge in [0.15, 0.2) is 0 Å². The summed E-state index contributed by atoms with van der Waals surface area (Å²) in [6, 6.07) is 1.11. The minimum Gasteiger partial charge on any atom is -0.468 e. The Morgan fingerprint density at radius 2 is 2.15 bits per heavy atom. The standard InChI is InChI=1S/C12H17Br2N3O3/c1-20-12(19)8(15)4-2-3-5-16-11(18)9-6-7(13)10(14)17-9/h6,8,17H,2-5,15H2,1H3,(H,16,18)/t8-/m0/s1. The molecule has 0 aliphatic carbocycles. The smallest absolute Gasteiger partial charge is 0.322 e. The summed E-state index contributed by atoms with van der Waals surface area (Å²) in [7, 11) is 1.31. The molecule has 1 amide bonds. The fraction of sp³-hybridized carbons (Fsp3) is 0.500. The first-order chi connectivity index (χ1) is 9.45. The summed E-state index contributed by atoms with van der Waals surface area (Å²) in [4.78, 5) is 25.8. The summed E-state index contributed by atoms with van der Waals surface area (Å²) in [5.74, 6) is -0.580. The summed E-state index contributed by atoms with van der Waals surface area (Å²) in [6.45, 7) is 0.529. The zero-order chi connectivity index (χ0) is 15.1. The number of carbonyl (C=O) groups is 2. The fourth-order valence-corrected chi connectivity index (χ4v) is 2.24. The van der Waals surface area contributed by atoms with Gasteiger partial charge in [0.25, 0.3) is 5.91 Å². The van der Waals surface area contributed by atoms with Gasteiger partial charge in [-0.1, -0.05) is 0 Å². The molecule has 1 heterocycles. The third-order valence-electron chi connectivity index (χ3n) is 2.70. The number of amides is 1. The van der Waals surface area contributed by atoms with Gasteiger partial charge in [0.05, 0.1) is 16.2 Å². The van der Waals surface area contributed by atoms with Gasteiger partial charge in [-0.05, 0) is 57.2 Å². The van der Waals surface area contributed by atoms with Crippen molar-refractivity contribution in [2.75, 3.05) is 13.7 Å². The lowest BCUT2D eigenvalue weighted by molar-refractivity contribution is -0.142. The van der Waals surface area contributed by atoms with Crippen LogP contribution in [0.25, 0.3) is 0 Å². The number of esters is 1. The molecule has 6 nitrogen and oxygen atoms in total. The number of carbonyl (C=O) groups excluding carboxylic acids is 2. The number of unbranched alkanes of at least 4 members (excludes halogenated alkanes) is 1. The highest BCUT2D eigenvalue weighted by Gasteiger charge is 2.13. The maximum absolute atomic E-state index is 11.8. The average molecular weight is 411 g/mol. The van der Waals surface area contributed by atoms with E-state index in [0.29, 0.717) is 18.7 Å². The van der Waals surface area contributed by atoms with Crippen molar-refractivity contribution in [3.63, 3.8) is 0 Å². The Hall–Kier alpha value is -0.860. The Morgan fingerprint density at radius 3 is 2.70 bits per heavy atom. The zero-order valence-corrected chi connectivity index (χ0v) is 14.2. The molecule has 1 rings (SSSR count). The Morgan fingerprint density at radius 1 is 1.45 bits per heavy atom. The zero-order valence-electron chi connectivity index (χ0n) is 11.0. The third kappa shape index (κ3) is 5.26. The molecular formula is C12H17Br2N3O3. The summed E-state index contributed by atoms with van der Waals surface area (Å²) >= 11 is 6.57. The number of H-pyrrole nitrogens is 1. The van der Waals surface area contributed by atoms with E-state index in [2.05, 4.69) is 46.9 Å². The predicted octanol–water partition coefficient (Wildman–Crippen LogP) is 1.94. The van der Waals surface area contributed by atoms with Crippen LogP contribution >= 0.6 is 31.9 Å². The minimum atomic E-state index is -0.592. The third-order valence-corrected chi connectivity index (χ3v) is 4.48. The fourth-order valence-electron chi connectivity index (χ4n) is 1.58. The summed E-state index contributed by atoms with van der Waals surface area (Å²) in [5.41, 5.74) is 6.08. The van der Waals surface area contributed by atoms with Crippen molar-refractivity contribution in [3.05, 3.63) is 20.8 Å². The second-order valence-corrected chi connectivity index (χ2v) is 5.87. The van der Waals surface area contributed by atoms with Crippen LogP contribution in [-0.4, -0.2) is 36.6 Å². The molecule has 0 spiro atoms. The predicted molar refractivity (Wildman–Crippen MR) is 82.4 cm³/mol. The Bertz CT molecular complexity index is 457. The van der Waals surface area contributed by atoms with Crippen molar-refractivity contribution in [2.24, 2.45) is 5.73 Å². The molecule has 1 atom stereocenters. The number of ether oxygens (including phenoxy) is 1. The van der Waals surface area contributed by atoms with Gasteiger partial charge in [-0.15, -0.1) is 0 Å². The second-order valence-electron chi connectivity index (χ2n) is 4.23. The first-order valence-corrected chi connectivity index (χ1v) is 7.70. The van der Waals surface area contributed by atoms with Crippen molar-refractivity contribution in [1.29, 1.82) is 0 Å². The van der Waals surface area contributed by atoms with Crippen LogP contribution in [0.2, 0.25) is 0 Å². The highest BCUT2D eigenvalue weighted by atomic mass is 79.9. The summed E-state index contributed by atoms with van der Waals surface area (Å²) < 4.78 is 6.06. The number of halogens is 2. The number of aromatic amines is 1. The number of nitrogens with one attached hydrogen (secondary N) is 2. The van der Waals surface area contributed by atoms with Gasteiger partial charge in [-0.25, -0.2) is 0 Å². The van der Waals surface area contributed by atoms with Crippen molar-refractivity contribution < 1.29 is 14.3 Å². The van der Waals surface area contributed by atoms with Crippen molar-refractivity contribution in [3.8, 4) is 0 Å². The molecule has 0 radical (unpaired) electrons. The van der Waals surface area contributed by atoms with Gasteiger partial charge in [0.1, 0.15) is 11.7 Å². The van der Waals surface area contributed by atoms with E-state index in [-0.39, 0.29) is 5.91 Å². The van der Waals surface area contributed by atoms with Crippen molar-refractivity contribution in [2.45, 2.75) is 25.3 Å². The molecular weight excluding hydrogens is 394 g/mol. The lowest BCUT2D eigenvalue weighted by atomic mass is 10.1. The SMILES string of the molecule is COC(=O)[C@@H](N)CCCCNC(=O)c1cc(Br)c(Br)[nH]1. The molecule has 0 bridgehead atoms. The molecule has 1 aromatic heterocycles. The molecule has 0 aliphatic rings. The van der Waals surface area contributed by atoms with Crippen LogP contribution in [0.1, 0.15) is 29.8 Å². The molecule has 0 fully saturated rings. The van der Waals surface area contributed by atoms with E-state index in [1.807, 2.05) is 0 Å². The monoisotopic (exact) mass is 409 g/mol. The van der Waals surface area contributed by atoms with E-state index >= 15 is 0 Å². The van der Waals surface area contributed by atoms with Crippen LogP contribution in [0.3, 0.4) is 0 Å². The maximum Gasteiger partial charge on any atom is 0.322 e.